The fraction of sp³-hybridized carbons (Fsp3) is 0.440. The summed E-state index contributed by atoms with van der Waals surface area (Å²) in [4.78, 5) is 13.9. The molecule has 0 radical (unpaired) electrons. The van der Waals surface area contributed by atoms with Crippen LogP contribution in [0, 0.1) is 0 Å². The van der Waals surface area contributed by atoms with Gasteiger partial charge in [-0.1, -0.05) is 31.6 Å². The number of benzene rings is 1. The highest BCUT2D eigenvalue weighted by atomic mass is 32.2. The molecule has 0 saturated heterocycles. The fourth-order valence-electron chi connectivity index (χ4n) is 3.91. The van der Waals surface area contributed by atoms with Crippen molar-refractivity contribution in [2.45, 2.75) is 56.7 Å². The zero-order valence-corrected chi connectivity index (χ0v) is 21.7. The van der Waals surface area contributed by atoms with Crippen molar-refractivity contribution >= 4 is 27.8 Å². The van der Waals surface area contributed by atoms with Crippen molar-refractivity contribution in [2.75, 3.05) is 24.1 Å². The van der Waals surface area contributed by atoms with Gasteiger partial charge in [-0.05, 0) is 43.0 Å². The molecule has 0 aliphatic carbocycles. The van der Waals surface area contributed by atoms with Crippen molar-refractivity contribution in [3.05, 3.63) is 47.2 Å². The highest BCUT2D eigenvalue weighted by molar-refractivity contribution is 7.93. The molecule has 1 aromatic heterocycles. The lowest BCUT2D eigenvalue weighted by atomic mass is 10.0. The van der Waals surface area contributed by atoms with Crippen molar-refractivity contribution in [2.24, 2.45) is 0 Å². The number of aliphatic hydroxyl groups is 1. The number of aromatic nitrogens is 1. The van der Waals surface area contributed by atoms with E-state index in [1.165, 1.54) is 0 Å². The summed E-state index contributed by atoms with van der Waals surface area (Å²) in [6.07, 6.45) is -2.22. The molecule has 2 N–H and O–H groups in total. The minimum Gasteiger partial charge on any atom is -0.486 e. The van der Waals surface area contributed by atoms with Gasteiger partial charge in [0.25, 0.3) is 10.0 Å². The summed E-state index contributed by atoms with van der Waals surface area (Å²) >= 11 is 0. The SMILES string of the molecule is CCC(=Cc1ccc2c(c1)N(S(=O)(=O)c1cc(C(F)(F)F)cnc1OCCO)C[C@H](CCC(=O)O)O2)CC. The minimum atomic E-state index is -4.88. The highest BCUT2D eigenvalue weighted by Gasteiger charge is 2.39. The van der Waals surface area contributed by atoms with E-state index < -0.39 is 57.8 Å². The number of hydrogen-bond donors (Lipinski definition) is 2. The number of fused-ring (bicyclic) bond motifs is 1. The van der Waals surface area contributed by atoms with Crippen LogP contribution in [0.15, 0.2) is 40.9 Å². The molecule has 2 heterocycles. The molecular formula is C25H29F3N2O7S. The van der Waals surface area contributed by atoms with Crippen LogP contribution in [0.3, 0.4) is 0 Å². The van der Waals surface area contributed by atoms with Gasteiger partial charge < -0.3 is 19.7 Å². The average molecular weight is 559 g/mol. The number of carboxylic acids is 1. The second-order valence-corrected chi connectivity index (χ2v) is 10.4. The molecule has 0 bridgehead atoms. The summed E-state index contributed by atoms with van der Waals surface area (Å²) in [5.74, 6) is -1.57. The van der Waals surface area contributed by atoms with E-state index in [4.69, 9.17) is 19.7 Å². The van der Waals surface area contributed by atoms with Gasteiger partial charge in [-0.25, -0.2) is 13.4 Å². The first kappa shape index (κ1) is 29.2. The van der Waals surface area contributed by atoms with Gasteiger partial charge in [-0.2, -0.15) is 13.2 Å². The van der Waals surface area contributed by atoms with Gasteiger partial charge >= 0.3 is 12.1 Å². The summed E-state index contributed by atoms with van der Waals surface area (Å²) in [7, 11) is -4.73. The second kappa shape index (κ2) is 12.0. The van der Waals surface area contributed by atoms with Gasteiger partial charge in [0, 0.05) is 12.6 Å². The van der Waals surface area contributed by atoms with E-state index in [-0.39, 0.29) is 30.8 Å². The van der Waals surface area contributed by atoms with Crippen LogP contribution in [0.2, 0.25) is 0 Å². The van der Waals surface area contributed by atoms with E-state index in [9.17, 15) is 26.4 Å². The second-order valence-electron chi connectivity index (χ2n) is 8.54. The fourth-order valence-corrected chi connectivity index (χ4v) is 5.52. The predicted molar refractivity (Wildman–Crippen MR) is 133 cm³/mol. The van der Waals surface area contributed by atoms with Crippen molar-refractivity contribution in [1.82, 2.24) is 4.98 Å². The Hall–Kier alpha value is -3.32. The molecule has 0 amide bonds. The monoisotopic (exact) mass is 558 g/mol. The quantitative estimate of drug-likeness (QED) is 0.413. The summed E-state index contributed by atoms with van der Waals surface area (Å²) in [5, 5.41) is 18.2. The zero-order chi connectivity index (χ0) is 28.1. The summed E-state index contributed by atoms with van der Waals surface area (Å²) in [6.45, 7) is 2.70. The zero-order valence-electron chi connectivity index (χ0n) is 20.9. The molecule has 1 aliphatic heterocycles. The Labute approximate surface area is 218 Å². The first-order chi connectivity index (χ1) is 17.9. The van der Waals surface area contributed by atoms with Crippen LogP contribution in [-0.4, -0.2) is 55.4 Å². The minimum absolute atomic E-state index is 0.0347. The number of aliphatic hydroxyl groups excluding tert-OH is 1. The number of rotatable bonds is 11. The van der Waals surface area contributed by atoms with Gasteiger partial charge in [0.2, 0.25) is 5.88 Å². The van der Waals surface area contributed by atoms with Crippen molar-refractivity contribution < 1.29 is 46.1 Å². The maximum absolute atomic E-state index is 13.9. The Bertz CT molecular complexity index is 1290. The van der Waals surface area contributed by atoms with Crippen LogP contribution >= 0.6 is 0 Å². The standard InChI is InChI=1S/C25H29F3N2O7S/c1-3-16(4-2)11-17-5-7-21-20(12-17)30(15-19(37-21)6-8-23(32)33)38(34,35)22-13-18(25(26,27)28)14-29-24(22)36-10-9-31/h5,7,11-14,19,31H,3-4,6,8-10,15H2,1-2H3,(H,32,33)/t19-/m0/s1. The molecule has 0 spiro atoms. The molecule has 1 aromatic carbocycles. The van der Waals surface area contributed by atoms with Crippen LogP contribution < -0.4 is 13.8 Å². The van der Waals surface area contributed by atoms with Crippen LogP contribution in [0.25, 0.3) is 6.08 Å². The van der Waals surface area contributed by atoms with Crippen LogP contribution in [0.4, 0.5) is 18.9 Å². The van der Waals surface area contributed by atoms with E-state index in [1.54, 1.807) is 18.2 Å². The maximum atomic E-state index is 13.9. The molecule has 208 valence electrons. The highest BCUT2D eigenvalue weighted by Crippen LogP contribution is 2.41. The third-order valence-electron chi connectivity index (χ3n) is 5.92. The molecular weight excluding hydrogens is 529 g/mol. The van der Waals surface area contributed by atoms with Crippen molar-refractivity contribution in [1.29, 1.82) is 0 Å². The molecule has 13 heteroatoms. The predicted octanol–water partition coefficient (Wildman–Crippen LogP) is 4.50. The smallest absolute Gasteiger partial charge is 0.417 e. The average Bonchev–Trinajstić information content (AvgIpc) is 2.88. The lowest BCUT2D eigenvalue weighted by molar-refractivity contribution is -0.138. The number of carboxylic acid groups (broad SMARTS) is 1. The first-order valence-corrected chi connectivity index (χ1v) is 13.4. The summed E-state index contributed by atoms with van der Waals surface area (Å²) in [6, 6.07) is 5.26. The van der Waals surface area contributed by atoms with E-state index in [0.29, 0.717) is 17.8 Å². The van der Waals surface area contributed by atoms with E-state index in [1.807, 2.05) is 19.9 Å². The molecule has 1 atom stereocenters. The number of hydrogen-bond acceptors (Lipinski definition) is 7. The molecule has 0 fully saturated rings. The number of alkyl halides is 3. The lowest BCUT2D eigenvalue weighted by Gasteiger charge is -2.36. The Kier molecular flexibility index (Phi) is 9.26. The Balaban J connectivity index is 2.18. The third-order valence-corrected chi connectivity index (χ3v) is 7.69. The number of pyridine rings is 1. The number of anilines is 1. The topological polar surface area (TPSA) is 126 Å². The molecule has 38 heavy (non-hydrogen) atoms. The van der Waals surface area contributed by atoms with Gasteiger partial charge in [0.05, 0.1) is 24.4 Å². The van der Waals surface area contributed by atoms with Gasteiger partial charge in [0.1, 0.15) is 18.5 Å². The molecule has 3 rings (SSSR count). The van der Waals surface area contributed by atoms with E-state index >= 15 is 0 Å². The summed E-state index contributed by atoms with van der Waals surface area (Å²) < 4.78 is 80.3. The Morgan fingerprint density at radius 3 is 2.58 bits per heavy atom. The molecule has 0 saturated carbocycles. The lowest BCUT2D eigenvalue weighted by Crippen LogP contribution is -2.44. The molecule has 1 aliphatic rings. The molecule has 0 unspecified atom stereocenters. The summed E-state index contributed by atoms with van der Waals surface area (Å²) in [5.41, 5.74) is 0.546. The van der Waals surface area contributed by atoms with Crippen LogP contribution in [0.5, 0.6) is 11.6 Å². The maximum Gasteiger partial charge on any atom is 0.417 e. The number of carbonyl (C=O) groups is 1. The van der Waals surface area contributed by atoms with Crippen LogP contribution in [0.1, 0.15) is 50.7 Å². The van der Waals surface area contributed by atoms with Gasteiger partial charge in [-0.3, -0.25) is 9.10 Å². The van der Waals surface area contributed by atoms with Gasteiger partial charge in [0.15, 0.2) is 4.90 Å². The largest absolute Gasteiger partial charge is 0.486 e. The molecule has 9 nitrogen and oxygen atoms in total. The number of allylic oxidation sites excluding steroid dienone is 1. The van der Waals surface area contributed by atoms with Gasteiger partial charge in [-0.15, -0.1) is 0 Å². The number of aliphatic carboxylic acids is 1. The van der Waals surface area contributed by atoms with Crippen LogP contribution in [-0.2, 0) is 21.0 Å². The number of halogens is 3. The molecule has 2 aromatic rings. The van der Waals surface area contributed by atoms with E-state index in [0.717, 1.165) is 22.7 Å². The van der Waals surface area contributed by atoms with Crippen molar-refractivity contribution in [3.8, 4) is 11.6 Å². The number of sulfonamides is 1. The third kappa shape index (κ3) is 6.76. The Morgan fingerprint density at radius 2 is 1.97 bits per heavy atom. The normalized spacial score (nSPS) is 15.4. The Morgan fingerprint density at radius 1 is 1.26 bits per heavy atom. The number of nitrogens with zero attached hydrogens (tertiary/aromatic N) is 2. The first-order valence-electron chi connectivity index (χ1n) is 12.0. The van der Waals surface area contributed by atoms with Crippen molar-refractivity contribution in [3.63, 3.8) is 0 Å². The van der Waals surface area contributed by atoms with E-state index in [2.05, 4.69) is 4.98 Å². The number of ether oxygens (including phenoxy) is 2.